The largest absolute Gasteiger partial charge is 0.497 e. The Labute approximate surface area is 375 Å². The molecule has 0 aliphatic carbocycles. The fourth-order valence-corrected chi connectivity index (χ4v) is 10.4. The first kappa shape index (κ1) is 49.7. The van der Waals surface area contributed by atoms with Gasteiger partial charge in [-0.2, -0.15) is 5.26 Å². The summed E-state index contributed by atoms with van der Waals surface area (Å²) >= 11 is 0. The summed E-state index contributed by atoms with van der Waals surface area (Å²) in [4.78, 5) is 11.7. The van der Waals surface area contributed by atoms with Crippen LogP contribution in [0.25, 0.3) is 0 Å². The van der Waals surface area contributed by atoms with E-state index in [9.17, 15) is 15.4 Å². The molecule has 340 valence electrons. The third-order valence-electron chi connectivity index (χ3n) is 11.6. The van der Waals surface area contributed by atoms with Crippen LogP contribution in [0, 0.1) is 21.4 Å². The van der Waals surface area contributed by atoms with Crippen LogP contribution in [0.4, 0.5) is 5.69 Å². The molecule has 13 nitrogen and oxygen atoms in total. The number of benzene rings is 4. The molecule has 1 saturated heterocycles. The van der Waals surface area contributed by atoms with Gasteiger partial charge in [-0.25, -0.2) is 4.67 Å². The van der Waals surface area contributed by atoms with E-state index in [2.05, 4.69) is 72.3 Å². The molecule has 1 unspecified atom stereocenters. The van der Waals surface area contributed by atoms with Gasteiger partial charge in [0.15, 0.2) is 14.6 Å². The fraction of sp³-hybridized carbons (Fsp3) is 0.479. The molecule has 63 heavy (non-hydrogen) atoms. The van der Waals surface area contributed by atoms with Crippen molar-refractivity contribution in [2.45, 2.75) is 122 Å². The van der Waals surface area contributed by atoms with Crippen molar-refractivity contribution in [2.75, 3.05) is 27.4 Å². The van der Waals surface area contributed by atoms with Crippen molar-refractivity contribution in [2.24, 2.45) is 0 Å². The first-order chi connectivity index (χ1) is 30.0. The maximum absolute atomic E-state index is 12.1. The molecule has 0 aromatic heterocycles. The van der Waals surface area contributed by atoms with Crippen LogP contribution in [0.15, 0.2) is 103 Å². The fourth-order valence-electron chi connectivity index (χ4n) is 7.39. The van der Waals surface area contributed by atoms with E-state index in [-0.39, 0.29) is 49.1 Å². The number of hydrogen-bond acceptors (Lipinski definition) is 12. The molecule has 0 amide bonds. The highest BCUT2D eigenvalue weighted by Crippen LogP contribution is 2.51. The number of nitro groups is 1. The average molecular weight is 902 g/mol. The topological polar surface area (TPSA) is 144 Å². The quantitative estimate of drug-likeness (QED) is 0.0185. The first-order valence-electron chi connectivity index (χ1n) is 21.4. The summed E-state index contributed by atoms with van der Waals surface area (Å²) in [6, 6.07) is 34.3. The summed E-state index contributed by atoms with van der Waals surface area (Å²) in [6.45, 7) is 19.1. The van der Waals surface area contributed by atoms with Gasteiger partial charge in [-0.3, -0.25) is 10.1 Å². The zero-order valence-corrected chi connectivity index (χ0v) is 40.4. The number of hydrogen-bond donors (Lipinski definition) is 0. The molecule has 0 radical (unpaired) electrons. The number of methoxy groups -OCH3 is 2. The number of nitrogens with zero attached hydrogens (tertiary/aromatic N) is 3. The lowest BCUT2D eigenvalue weighted by molar-refractivity contribution is -0.386. The Bertz CT molecular complexity index is 2040. The number of nitro benzene ring substituents is 1. The molecule has 5 rings (SSSR count). The summed E-state index contributed by atoms with van der Waals surface area (Å²) in [5.41, 5.74) is 1.67. The normalized spacial score (nSPS) is 18.7. The lowest BCUT2D eigenvalue weighted by Gasteiger charge is -2.42. The van der Waals surface area contributed by atoms with Gasteiger partial charge in [0.2, 0.25) is 0 Å². The molecular formula is C48H64N3O10PSi. The molecule has 0 spiro atoms. The zero-order valence-electron chi connectivity index (χ0n) is 38.5. The maximum atomic E-state index is 12.1. The second-order valence-electron chi connectivity index (χ2n) is 17.5. The Morgan fingerprint density at radius 2 is 1.37 bits per heavy atom. The second kappa shape index (κ2) is 22.1. The van der Waals surface area contributed by atoms with Crippen LogP contribution in [-0.4, -0.2) is 82.0 Å². The molecule has 1 aliphatic heterocycles. The van der Waals surface area contributed by atoms with Crippen molar-refractivity contribution in [1.29, 1.82) is 5.26 Å². The van der Waals surface area contributed by atoms with Gasteiger partial charge < -0.3 is 37.2 Å². The van der Waals surface area contributed by atoms with E-state index in [0.717, 1.165) is 16.7 Å². The molecule has 1 heterocycles. The predicted molar refractivity (Wildman–Crippen MR) is 247 cm³/mol. The van der Waals surface area contributed by atoms with Crippen molar-refractivity contribution in [3.8, 4) is 17.6 Å². The minimum Gasteiger partial charge on any atom is -0.497 e. The zero-order chi connectivity index (χ0) is 46.0. The SMILES string of the molecule is COc1ccc(C(OC[C@H]2O[C@H](OCc3ccccc3[N+](=O)[O-])[C@H](O[Si](C)(C)C(C)(C)C)[C@@H]2OP(OCCC#N)N(C(C)C)C(C)C)(c2ccccc2)c2ccc(OC)cc2)cc1. The van der Waals surface area contributed by atoms with Gasteiger partial charge >= 0.3 is 0 Å². The van der Waals surface area contributed by atoms with Crippen molar-refractivity contribution in [3.05, 3.63) is 135 Å². The van der Waals surface area contributed by atoms with Gasteiger partial charge in [0, 0.05) is 18.2 Å². The Balaban J connectivity index is 1.69. The third kappa shape index (κ3) is 11.9. The third-order valence-corrected chi connectivity index (χ3v) is 18.2. The number of para-hydroxylation sites is 1. The highest BCUT2D eigenvalue weighted by Gasteiger charge is 2.54. The predicted octanol–water partition coefficient (Wildman–Crippen LogP) is 10.9. The minimum atomic E-state index is -2.61. The summed E-state index contributed by atoms with van der Waals surface area (Å²) in [5.74, 6) is 1.38. The van der Waals surface area contributed by atoms with Crippen LogP contribution in [0.2, 0.25) is 18.1 Å². The van der Waals surface area contributed by atoms with Crippen LogP contribution >= 0.6 is 8.53 Å². The molecule has 5 atom stereocenters. The van der Waals surface area contributed by atoms with E-state index < -0.39 is 52.0 Å². The summed E-state index contributed by atoms with van der Waals surface area (Å²) in [6.07, 6.45) is -3.33. The Morgan fingerprint density at radius 3 is 1.87 bits per heavy atom. The van der Waals surface area contributed by atoms with E-state index in [1.54, 1.807) is 32.4 Å². The van der Waals surface area contributed by atoms with Gasteiger partial charge in [-0.05, 0) is 92.8 Å². The van der Waals surface area contributed by atoms with Crippen LogP contribution in [0.1, 0.15) is 77.1 Å². The minimum absolute atomic E-state index is 0.0107. The molecule has 4 aromatic rings. The highest BCUT2D eigenvalue weighted by atomic mass is 31.2. The molecule has 1 fully saturated rings. The number of ether oxygens (including phenoxy) is 5. The van der Waals surface area contributed by atoms with Gasteiger partial charge in [0.1, 0.15) is 35.4 Å². The molecule has 0 bridgehead atoms. The highest BCUT2D eigenvalue weighted by molar-refractivity contribution is 7.44. The lowest BCUT2D eigenvalue weighted by atomic mass is 9.80. The van der Waals surface area contributed by atoms with Gasteiger partial charge in [0.25, 0.3) is 14.2 Å². The average Bonchev–Trinajstić information content (AvgIpc) is 3.57. The van der Waals surface area contributed by atoms with Gasteiger partial charge in [0.05, 0.1) is 57.0 Å². The van der Waals surface area contributed by atoms with E-state index in [1.165, 1.54) is 6.07 Å². The Morgan fingerprint density at radius 1 is 0.825 bits per heavy atom. The monoisotopic (exact) mass is 901 g/mol. The first-order valence-corrected chi connectivity index (χ1v) is 25.4. The smallest absolute Gasteiger partial charge is 0.274 e. The van der Waals surface area contributed by atoms with Gasteiger partial charge in [-0.1, -0.05) is 87.5 Å². The van der Waals surface area contributed by atoms with Crippen molar-refractivity contribution in [1.82, 2.24) is 4.67 Å². The molecule has 0 saturated carbocycles. The molecule has 15 heteroatoms. The van der Waals surface area contributed by atoms with Crippen LogP contribution < -0.4 is 9.47 Å². The Kier molecular flexibility index (Phi) is 17.4. The molecule has 4 aromatic carbocycles. The molecule has 1 aliphatic rings. The summed E-state index contributed by atoms with van der Waals surface area (Å²) in [7, 11) is -1.16. The lowest BCUT2D eigenvalue weighted by Crippen LogP contribution is -2.51. The van der Waals surface area contributed by atoms with Crippen molar-refractivity contribution >= 4 is 22.5 Å². The van der Waals surface area contributed by atoms with E-state index in [4.69, 9.17) is 37.2 Å². The summed E-state index contributed by atoms with van der Waals surface area (Å²) < 4.78 is 55.3. The standard InChI is InChI=1S/C48H64N3O10PSi/c1-34(2)50(35(3)4)62(58-31-17-30-49)60-44-43(59-46(45(44)61-63(10,11)47(5,6)7)56-32-36-18-15-16-21-42(36)51(52)53)33-57-48(37-19-13-12-14-20-37,38-22-26-40(54-8)27-23-38)39-24-28-41(55-9)29-25-39/h12-16,18-29,34-35,43-46H,17,31-33H2,1-11H3/t43-,44-,45-,46+,62?/m1/s1. The van der Waals surface area contributed by atoms with E-state index in [1.807, 2.05) is 78.9 Å². The Hall–Kier alpha value is -4.26. The van der Waals surface area contributed by atoms with Gasteiger partial charge in [-0.15, -0.1) is 0 Å². The second-order valence-corrected chi connectivity index (χ2v) is 23.7. The maximum Gasteiger partial charge on any atom is 0.274 e. The molecular weight excluding hydrogens is 838 g/mol. The molecule has 0 N–H and O–H groups in total. The van der Waals surface area contributed by atoms with E-state index >= 15 is 0 Å². The number of nitriles is 1. The van der Waals surface area contributed by atoms with Crippen molar-refractivity contribution in [3.63, 3.8) is 0 Å². The summed E-state index contributed by atoms with van der Waals surface area (Å²) in [5, 5.41) is 21.4. The van der Waals surface area contributed by atoms with Crippen molar-refractivity contribution < 1.29 is 42.1 Å². The van der Waals surface area contributed by atoms with E-state index in [0.29, 0.717) is 17.1 Å². The van der Waals surface area contributed by atoms with Crippen LogP contribution in [0.3, 0.4) is 0 Å². The van der Waals surface area contributed by atoms with Crippen LogP contribution in [-0.2, 0) is 39.9 Å². The number of rotatable bonds is 22. The van der Waals surface area contributed by atoms with Crippen LogP contribution in [0.5, 0.6) is 11.5 Å².